The van der Waals surface area contributed by atoms with Crippen LogP contribution in [0.3, 0.4) is 0 Å². The minimum Gasteiger partial charge on any atom is -0.355 e. The van der Waals surface area contributed by atoms with Gasteiger partial charge in [-0.25, -0.2) is 0 Å². The highest BCUT2D eigenvalue weighted by Crippen LogP contribution is 2.31. The van der Waals surface area contributed by atoms with Gasteiger partial charge in [0.2, 0.25) is 0 Å². The number of rotatable bonds is 6. The number of carbonyl (C=O) groups is 1. The van der Waals surface area contributed by atoms with E-state index in [0.717, 1.165) is 22.2 Å². The lowest BCUT2D eigenvalue weighted by Crippen LogP contribution is -2.34. The van der Waals surface area contributed by atoms with Gasteiger partial charge in [0.25, 0.3) is 5.91 Å². The van der Waals surface area contributed by atoms with Crippen molar-refractivity contribution < 1.29 is 22.5 Å². The molecule has 0 aliphatic heterocycles. The van der Waals surface area contributed by atoms with Crippen LogP contribution in [0, 0.1) is 0 Å². The number of aromatic nitrogens is 1. The first-order valence-electron chi connectivity index (χ1n) is 8.99. The fourth-order valence-electron chi connectivity index (χ4n) is 2.93. The van der Waals surface area contributed by atoms with Crippen molar-refractivity contribution in [2.75, 3.05) is 20.6 Å². The molecule has 3 aromatic rings. The zero-order valence-corrected chi connectivity index (χ0v) is 17.8. The summed E-state index contributed by atoms with van der Waals surface area (Å²) in [6, 6.07) is 13.5. The molecule has 5 nitrogen and oxygen atoms in total. The van der Waals surface area contributed by atoms with Crippen molar-refractivity contribution in [3.05, 3.63) is 75.9 Å². The largest absolute Gasteiger partial charge is 0.416 e. The molecule has 1 atom stereocenters. The average Bonchev–Trinajstić information content (AvgIpc) is 3.18. The number of benzene rings is 2. The zero-order chi connectivity index (χ0) is 21.9. The second-order valence-electron chi connectivity index (χ2n) is 6.90. The SMILES string of the molecule is CN(C)[C@@H](CNC(=O)c1cc(-c2ccc(Br)cc2)on1)c1cccc(C(F)(F)F)c1. The summed E-state index contributed by atoms with van der Waals surface area (Å²) in [6.07, 6.45) is -4.43. The predicted octanol–water partition coefficient (Wildman–Crippen LogP) is 5.16. The number of nitrogens with one attached hydrogen (secondary N) is 1. The summed E-state index contributed by atoms with van der Waals surface area (Å²) in [5.74, 6) is -0.0318. The van der Waals surface area contributed by atoms with Crippen LogP contribution in [0.25, 0.3) is 11.3 Å². The third kappa shape index (κ3) is 5.28. The smallest absolute Gasteiger partial charge is 0.355 e. The highest BCUT2D eigenvalue weighted by Gasteiger charge is 2.31. The maximum Gasteiger partial charge on any atom is 0.416 e. The topological polar surface area (TPSA) is 58.4 Å². The summed E-state index contributed by atoms with van der Waals surface area (Å²) >= 11 is 3.35. The molecule has 2 aromatic carbocycles. The lowest BCUT2D eigenvalue weighted by molar-refractivity contribution is -0.137. The molecule has 1 N–H and O–H groups in total. The Labute approximate surface area is 180 Å². The molecule has 0 spiro atoms. The van der Waals surface area contributed by atoms with Crippen LogP contribution < -0.4 is 5.32 Å². The van der Waals surface area contributed by atoms with Gasteiger partial charge < -0.3 is 14.7 Å². The van der Waals surface area contributed by atoms with Crippen LogP contribution in [0.15, 0.2) is 63.6 Å². The number of nitrogens with zero attached hydrogens (tertiary/aromatic N) is 2. The standard InChI is InChI=1S/C21H19BrF3N3O2/c1-28(2)18(14-4-3-5-15(10-14)21(23,24)25)12-26-20(29)17-11-19(30-27-17)13-6-8-16(22)9-7-13/h3-11,18H,12H2,1-2H3,(H,26,29)/t18-/m0/s1. The van der Waals surface area contributed by atoms with E-state index in [0.29, 0.717) is 11.3 Å². The Hall–Kier alpha value is -2.65. The molecule has 0 bridgehead atoms. The van der Waals surface area contributed by atoms with E-state index in [4.69, 9.17) is 4.52 Å². The van der Waals surface area contributed by atoms with Crippen molar-refractivity contribution in [2.45, 2.75) is 12.2 Å². The van der Waals surface area contributed by atoms with Gasteiger partial charge in [-0.05, 0) is 43.9 Å². The van der Waals surface area contributed by atoms with Gasteiger partial charge in [-0.15, -0.1) is 0 Å². The Morgan fingerprint density at radius 1 is 1.17 bits per heavy atom. The van der Waals surface area contributed by atoms with Gasteiger partial charge >= 0.3 is 6.18 Å². The van der Waals surface area contributed by atoms with Crippen LogP contribution in [-0.4, -0.2) is 36.6 Å². The maximum atomic E-state index is 13.0. The van der Waals surface area contributed by atoms with Crippen LogP contribution in [0.5, 0.6) is 0 Å². The van der Waals surface area contributed by atoms with E-state index in [-0.39, 0.29) is 12.2 Å². The number of carbonyl (C=O) groups excluding carboxylic acids is 1. The minimum absolute atomic E-state index is 0.0921. The molecule has 0 fully saturated rings. The molecule has 30 heavy (non-hydrogen) atoms. The lowest BCUT2D eigenvalue weighted by Gasteiger charge is -2.25. The summed E-state index contributed by atoms with van der Waals surface area (Å²) < 4.78 is 45.2. The van der Waals surface area contributed by atoms with Crippen molar-refractivity contribution in [1.82, 2.24) is 15.4 Å². The van der Waals surface area contributed by atoms with Gasteiger partial charge in [-0.2, -0.15) is 13.2 Å². The molecule has 0 aliphatic rings. The number of hydrogen-bond acceptors (Lipinski definition) is 4. The van der Waals surface area contributed by atoms with Crippen molar-refractivity contribution in [2.24, 2.45) is 0 Å². The summed E-state index contributed by atoms with van der Waals surface area (Å²) in [6.45, 7) is 0.105. The first-order chi connectivity index (χ1) is 14.1. The number of likely N-dealkylation sites (N-methyl/N-ethyl adjacent to an activating group) is 1. The van der Waals surface area contributed by atoms with Crippen LogP contribution in [0.2, 0.25) is 0 Å². The highest BCUT2D eigenvalue weighted by molar-refractivity contribution is 9.10. The molecular weight excluding hydrogens is 463 g/mol. The molecule has 0 saturated carbocycles. The van der Waals surface area contributed by atoms with Crippen LogP contribution in [-0.2, 0) is 6.18 Å². The quantitative estimate of drug-likeness (QED) is 0.528. The van der Waals surface area contributed by atoms with Crippen molar-refractivity contribution >= 4 is 21.8 Å². The predicted molar refractivity (Wildman–Crippen MR) is 110 cm³/mol. The van der Waals surface area contributed by atoms with E-state index in [9.17, 15) is 18.0 Å². The molecule has 0 saturated heterocycles. The Balaban J connectivity index is 1.71. The number of amides is 1. The Morgan fingerprint density at radius 2 is 1.87 bits per heavy atom. The first-order valence-corrected chi connectivity index (χ1v) is 9.79. The fraction of sp³-hybridized carbons (Fsp3) is 0.238. The second-order valence-corrected chi connectivity index (χ2v) is 7.81. The van der Waals surface area contributed by atoms with E-state index in [1.54, 1.807) is 25.1 Å². The van der Waals surface area contributed by atoms with E-state index in [2.05, 4.69) is 26.4 Å². The molecular formula is C21H19BrF3N3O2. The molecule has 0 unspecified atom stereocenters. The van der Waals surface area contributed by atoms with Crippen molar-refractivity contribution in [3.8, 4) is 11.3 Å². The molecule has 1 amide bonds. The summed E-state index contributed by atoms with van der Waals surface area (Å²) in [5.41, 5.74) is 0.578. The molecule has 0 radical (unpaired) electrons. The Morgan fingerprint density at radius 3 is 2.50 bits per heavy atom. The highest BCUT2D eigenvalue weighted by atomic mass is 79.9. The van der Waals surface area contributed by atoms with Crippen molar-refractivity contribution in [3.63, 3.8) is 0 Å². The van der Waals surface area contributed by atoms with Crippen LogP contribution in [0.1, 0.15) is 27.7 Å². The number of hydrogen-bond donors (Lipinski definition) is 1. The van der Waals surface area contributed by atoms with Crippen LogP contribution in [0.4, 0.5) is 13.2 Å². The lowest BCUT2D eigenvalue weighted by atomic mass is 10.0. The van der Waals surface area contributed by atoms with Gasteiger partial charge in [0.15, 0.2) is 11.5 Å². The second kappa shape index (κ2) is 9.01. The minimum atomic E-state index is -4.43. The fourth-order valence-corrected chi connectivity index (χ4v) is 3.20. The molecule has 9 heteroatoms. The summed E-state index contributed by atoms with van der Waals surface area (Å²) in [4.78, 5) is 14.2. The normalized spacial score (nSPS) is 12.8. The monoisotopic (exact) mass is 481 g/mol. The van der Waals surface area contributed by atoms with Gasteiger partial charge in [-0.1, -0.05) is 45.4 Å². The molecule has 1 aromatic heterocycles. The van der Waals surface area contributed by atoms with Gasteiger partial charge in [0.1, 0.15) is 0 Å². The van der Waals surface area contributed by atoms with Gasteiger partial charge in [0, 0.05) is 22.6 Å². The number of halogens is 4. The van der Waals surface area contributed by atoms with E-state index in [1.165, 1.54) is 12.1 Å². The molecule has 1 heterocycles. The number of alkyl halides is 3. The van der Waals surface area contributed by atoms with Gasteiger partial charge in [0.05, 0.1) is 11.6 Å². The van der Waals surface area contributed by atoms with Crippen LogP contribution >= 0.6 is 15.9 Å². The third-order valence-corrected chi connectivity index (χ3v) is 5.08. The molecule has 0 aliphatic carbocycles. The zero-order valence-electron chi connectivity index (χ0n) is 16.2. The van der Waals surface area contributed by atoms with E-state index >= 15 is 0 Å². The Bertz CT molecular complexity index is 1020. The third-order valence-electron chi connectivity index (χ3n) is 4.55. The molecule has 158 valence electrons. The summed E-state index contributed by atoms with van der Waals surface area (Å²) in [7, 11) is 3.47. The average molecular weight is 482 g/mol. The Kier molecular flexibility index (Phi) is 6.62. The van der Waals surface area contributed by atoms with Crippen molar-refractivity contribution in [1.29, 1.82) is 0 Å². The first kappa shape index (κ1) is 22.0. The maximum absolute atomic E-state index is 13.0. The van der Waals surface area contributed by atoms with E-state index < -0.39 is 23.7 Å². The summed E-state index contributed by atoms with van der Waals surface area (Å²) in [5, 5.41) is 6.51. The van der Waals surface area contributed by atoms with E-state index in [1.807, 2.05) is 24.3 Å². The van der Waals surface area contributed by atoms with Gasteiger partial charge in [-0.3, -0.25) is 4.79 Å². The molecule has 3 rings (SSSR count).